The second-order valence-corrected chi connectivity index (χ2v) is 7.87. The molecule has 2 heterocycles. The first kappa shape index (κ1) is 23.5. The standard InChI is InChI=1S/C24H22F3N3O4/c25-24(26,27)34-20-6-4-18(5-7-20)29-23(33)17-11-21(16-3-1-2-15(10-16)14-31)22(28-12-17)30-9-8-19(32)13-30/h1-7,10-12,19,31-32H,8-9,13-14H2,(H,29,33)/t19-/m1/s1. The predicted octanol–water partition coefficient (Wildman–Crippen LogP) is 3.96. The lowest BCUT2D eigenvalue weighted by atomic mass is 10.0. The maximum absolute atomic E-state index is 12.9. The number of carbonyl (C=O) groups excluding carboxylic acids is 1. The third kappa shape index (κ3) is 5.64. The normalized spacial score (nSPS) is 15.9. The number of anilines is 2. The van der Waals surface area contributed by atoms with Crippen molar-refractivity contribution in [3.63, 3.8) is 0 Å². The van der Waals surface area contributed by atoms with E-state index in [0.717, 1.165) is 17.7 Å². The van der Waals surface area contributed by atoms with Crippen LogP contribution in [0.4, 0.5) is 24.7 Å². The Bertz CT molecular complexity index is 1170. The van der Waals surface area contributed by atoms with E-state index < -0.39 is 24.1 Å². The van der Waals surface area contributed by atoms with Crippen molar-refractivity contribution < 1.29 is 32.9 Å². The van der Waals surface area contributed by atoms with E-state index in [0.29, 0.717) is 36.5 Å². The largest absolute Gasteiger partial charge is 0.573 e. The Kier molecular flexibility index (Phi) is 6.71. The van der Waals surface area contributed by atoms with Crippen LogP contribution >= 0.6 is 0 Å². The van der Waals surface area contributed by atoms with Crippen LogP contribution in [0.25, 0.3) is 11.1 Å². The van der Waals surface area contributed by atoms with Crippen molar-refractivity contribution >= 4 is 17.4 Å². The number of hydrogen-bond acceptors (Lipinski definition) is 6. The number of rotatable bonds is 6. The summed E-state index contributed by atoms with van der Waals surface area (Å²) in [5.74, 6) is -0.281. The number of aliphatic hydroxyl groups excluding tert-OH is 2. The number of ether oxygens (including phenoxy) is 1. The van der Waals surface area contributed by atoms with E-state index in [1.54, 1.807) is 24.3 Å². The quantitative estimate of drug-likeness (QED) is 0.502. The second kappa shape index (κ2) is 9.70. The Morgan fingerprint density at radius 2 is 1.94 bits per heavy atom. The van der Waals surface area contributed by atoms with Crippen molar-refractivity contribution in [2.75, 3.05) is 23.3 Å². The number of nitrogens with zero attached hydrogens (tertiary/aromatic N) is 2. The lowest BCUT2D eigenvalue weighted by molar-refractivity contribution is -0.274. The number of benzene rings is 2. The molecular formula is C24H22F3N3O4. The number of halogens is 3. The number of carbonyl (C=O) groups is 1. The van der Waals surface area contributed by atoms with Crippen molar-refractivity contribution in [3.8, 4) is 16.9 Å². The maximum atomic E-state index is 12.9. The van der Waals surface area contributed by atoms with Gasteiger partial charge in [0.05, 0.1) is 18.3 Å². The van der Waals surface area contributed by atoms with Crippen LogP contribution < -0.4 is 15.0 Å². The molecule has 0 spiro atoms. The number of β-amino-alcohol motifs (C(OH)–C–C–N with tert-alkyl or cyclic N) is 1. The average Bonchev–Trinajstić information content (AvgIpc) is 3.25. The van der Waals surface area contributed by atoms with Gasteiger partial charge in [0.1, 0.15) is 11.6 Å². The lowest BCUT2D eigenvalue weighted by Gasteiger charge is -2.21. The molecule has 1 aromatic heterocycles. The van der Waals surface area contributed by atoms with Gasteiger partial charge in [-0.05, 0) is 53.9 Å². The van der Waals surface area contributed by atoms with E-state index in [4.69, 9.17) is 0 Å². The molecule has 1 saturated heterocycles. The van der Waals surface area contributed by atoms with Gasteiger partial charge in [-0.15, -0.1) is 13.2 Å². The maximum Gasteiger partial charge on any atom is 0.573 e. The second-order valence-electron chi connectivity index (χ2n) is 7.87. The number of pyridine rings is 1. The molecule has 0 aliphatic carbocycles. The molecule has 178 valence electrons. The highest BCUT2D eigenvalue weighted by molar-refractivity contribution is 6.05. The Balaban J connectivity index is 1.61. The van der Waals surface area contributed by atoms with Gasteiger partial charge >= 0.3 is 6.36 Å². The molecule has 3 N–H and O–H groups in total. The molecule has 7 nitrogen and oxygen atoms in total. The van der Waals surface area contributed by atoms with Crippen molar-refractivity contribution in [1.29, 1.82) is 0 Å². The molecular weight excluding hydrogens is 451 g/mol. The lowest BCUT2D eigenvalue weighted by Crippen LogP contribution is -2.23. The summed E-state index contributed by atoms with van der Waals surface area (Å²) in [6.45, 7) is 0.879. The van der Waals surface area contributed by atoms with Crippen LogP contribution in [0.15, 0.2) is 60.8 Å². The van der Waals surface area contributed by atoms with E-state index in [1.165, 1.54) is 18.3 Å². The fraction of sp³-hybridized carbons (Fsp3) is 0.250. The molecule has 0 bridgehead atoms. The van der Waals surface area contributed by atoms with Crippen molar-refractivity contribution in [2.45, 2.75) is 25.5 Å². The van der Waals surface area contributed by atoms with Gasteiger partial charge in [-0.25, -0.2) is 4.98 Å². The highest BCUT2D eigenvalue weighted by Crippen LogP contribution is 2.33. The van der Waals surface area contributed by atoms with Crippen LogP contribution in [0.2, 0.25) is 0 Å². The van der Waals surface area contributed by atoms with Crippen LogP contribution in [0.5, 0.6) is 5.75 Å². The van der Waals surface area contributed by atoms with Crippen LogP contribution in [-0.2, 0) is 6.61 Å². The summed E-state index contributed by atoms with van der Waals surface area (Å²) in [4.78, 5) is 19.3. The van der Waals surface area contributed by atoms with Crippen molar-refractivity contribution in [1.82, 2.24) is 4.98 Å². The Morgan fingerprint density at radius 1 is 1.18 bits per heavy atom. The summed E-state index contributed by atoms with van der Waals surface area (Å²) in [5, 5.41) is 22.1. The minimum Gasteiger partial charge on any atom is -0.406 e. The first-order chi connectivity index (χ1) is 16.2. The summed E-state index contributed by atoms with van der Waals surface area (Å²) in [6.07, 6.45) is -3.25. The summed E-state index contributed by atoms with van der Waals surface area (Å²) in [7, 11) is 0. The van der Waals surface area contributed by atoms with E-state index in [-0.39, 0.29) is 17.9 Å². The smallest absolute Gasteiger partial charge is 0.406 e. The highest BCUT2D eigenvalue weighted by Gasteiger charge is 2.31. The molecule has 2 aromatic carbocycles. The van der Waals surface area contributed by atoms with Gasteiger partial charge in [-0.1, -0.05) is 18.2 Å². The first-order valence-electron chi connectivity index (χ1n) is 10.5. The summed E-state index contributed by atoms with van der Waals surface area (Å²) < 4.78 is 40.8. The zero-order valence-electron chi connectivity index (χ0n) is 17.9. The third-order valence-corrected chi connectivity index (χ3v) is 5.36. The zero-order chi connectivity index (χ0) is 24.3. The number of hydrogen-bond donors (Lipinski definition) is 3. The summed E-state index contributed by atoms with van der Waals surface area (Å²) in [5.41, 5.74) is 2.63. The fourth-order valence-corrected chi connectivity index (χ4v) is 3.76. The van der Waals surface area contributed by atoms with Crippen molar-refractivity contribution in [3.05, 3.63) is 71.9 Å². The van der Waals surface area contributed by atoms with Gasteiger partial charge < -0.3 is 25.2 Å². The Labute approximate surface area is 193 Å². The zero-order valence-corrected chi connectivity index (χ0v) is 17.9. The van der Waals surface area contributed by atoms with E-state index in [1.807, 2.05) is 11.0 Å². The average molecular weight is 473 g/mol. The van der Waals surface area contributed by atoms with Crippen LogP contribution in [0.3, 0.4) is 0 Å². The number of amides is 1. The first-order valence-corrected chi connectivity index (χ1v) is 10.5. The molecule has 1 aliphatic rings. The molecule has 34 heavy (non-hydrogen) atoms. The predicted molar refractivity (Wildman–Crippen MR) is 120 cm³/mol. The topological polar surface area (TPSA) is 94.9 Å². The van der Waals surface area contributed by atoms with Crippen molar-refractivity contribution in [2.24, 2.45) is 0 Å². The number of aromatic nitrogens is 1. The van der Waals surface area contributed by atoms with Gasteiger partial charge in [0, 0.05) is 30.5 Å². The molecule has 0 radical (unpaired) electrons. The van der Waals surface area contributed by atoms with E-state index >= 15 is 0 Å². The van der Waals surface area contributed by atoms with E-state index in [9.17, 15) is 28.2 Å². The Morgan fingerprint density at radius 3 is 2.59 bits per heavy atom. The molecule has 10 heteroatoms. The molecule has 0 saturated carbocycles. The van der Waals surface area contributed by atoms with Gasteiger partial charge in [0.15, 0.2) is 0 Å². The highest BCUT2D eigenvalue weighted by atomic mass is 19.4. The van der Waals surface area contributed by atoms with Gasteiger partial charge in [-0.3, -0.25) is 4.79 Å². The molecule has 3 aromatic rings. The van der Waals surface area contributed by atoms with E-state index in [2.05, 4.69) is 15.0 Å². The number of alkyl halides is 3. The molecule has 1 amide bonds. The number of nitrogens with one attached hydrogen (secondary N) is 1. The fourth-order valence-electron chi connectivity index (χ4n) is 3.76. The minimum atomic E-state index is -4.80. The molecule has 0 unspecified atom stereocenters. The minimum absolute atomic E-state index is 0.146. The van der Waals surface area contributed by atoms with Gasteiger partial charge in [0.25, 0.3) is 5.91 Å². The van der Waals surface area contributed by atoms with Gasteiger partial charge in [-0.2, -0.15) is 0 Å². The molecule has 1 fully saturated rings. The third-order valence-electron chi connectivity index (χ3n) is 5.36. The molecule has 4 rings (SSSR count). The number of aliphatic hydroxyl groups is 2. The van der Waals surface area contributed by atoms with Crippen LogP contribution in [-0.4, -0.2) is 46.7 Å². The summed E-state index contributed by atoms with van der Waals surface area (Å²) >= 11 is 0. The van der Waals surface area contributed by atoms with Gasteiger partial charge in [0.2, 0.25) is 0 Å². The van der Waals surface area contributed by atoms with Crippen LogP contribution in [0, 0.1) is 0 Å². The monoisotopic (exact) mass is 473 g/mol. The Hall–Kier alpha value is -3.63. The van der Waals surface area contributed by atoms with Crippen LogP contribution in [0.1, 0.15) is 22.3 Å². The summed E-state index contributed by atoms with van der Waals surface area (Å²) in [6, 6.07) is 13.7. The molecule has 1 atom stereocenters. The SMILES string of the molecule is O=C(Nc1ccc(OC(F)(F)F)cc1)c1cnc(N2CC[C@@H](O)C2)c(-c2cccc(CO)c2)c1. The molecule has 1 aliphatic heterocycles.